The Bertz CT molecular complexity index is 1050. The van der Waals surface area contributed by atoms with Crippen molar-refractivity contribution in [3.05, 3.63) is 58.6 Å². The average molecular weight is 517 g/mol. The molecule has 2 amide bonds. The van der Waals surface area contributed by atoms with Crippen LogP contribution in [0.1, 0.15) is 30.6 Å². The van der Waals surface area contributed by atoms with Gasteiger partial charge in [0.25, 0.3) is 5.91 Å². The number of anilines is 1. The molecule has 0 atom stereocenters. The molecule has 0 saturated carbocycles. The van der Waals surface area contributed by atoms with E-state index in [1.807, 2.05) is 38.1 Å². The Morgan fingerprint density at radius 2 is 1.78 bits per heavy atom. The zero-order chi connectivity index (χ0) is 23.1. The van der Waals surface area contributed by atoms with E-state index in [1.54, 1.807) is 36.3 Å². The third kappa shape index (κ3) is 6.61. The Morgan fingerprint density at radius 1 is 1.09 bits per heavy atom. The fraction of sp³-hybridized carbons (Fsp3) is 0.304. The van der Waals surface area contributed by atoms with Crippen LogP contribution in [0.25, 0.3) is 10.6 Å². The summed E-state index contributed by atoms with van der Waals surface area (Å²) < 4.78 is 6.14. The van der Waals surface area contributed by atoms with Gasteiger partial charge in [0.05, 0.1) is 7.11 Å². The van der Waals surface area contributed by atoms with Crippen LogP contribution in [0, 0.1) is 5.92 Å². The number of hydrogen-bond donors (Lipinski definition) is 1. The highest BCUT2D eigenvalue weighted by Gasteiger charge is 2.19. The van der Waals surface area contributed by atoms with E-state index >= 15 is 0 Å². The average Bonchev–Trinajstić information content (AvgIpc) is 3.24. The topological polar surface area (TPSA) is 84.4 Å². The molecule has 2 aromatic carbocycles. The van der Waals surface area contributed by atoms with Crippen LogP contribution in [0.2, 0.25) is 0 Å². The van der Waals surface area contributed by atoms with E-state index in [-0.39, 0.29) is 24.2 Å². The molecule has 1 N–H and O–H groups in total. The number of carbonyl (C=O) groups excluding carboxylic acids is 2. The standard InChI is InChI=1S/C23H25BrN4O3S/c1-15(2)14-28(22(30)17-6-10-19(31-3)11-7-17)13-12-20(29)25-23-27-26-21(32-23)16-4-8-18(24)9-5-16/h4-11,15H,12-14H2,1-3H3,(H,25,27,29). The predicted octanol–water partition coefficient (Wildman–Crippen LogP) is 5.10. The molecule has 0 saturated heterocycles. The van der Waals surface area contributed by atoms with E-state index in [2.05, 4.69) is 31.4 Å². The summed E-state index contributed by atoms with van der Waals surface area (Å²) in [6.07, 6.45) is 0.168. The molecule has 3 rings (SSSR count). The maximum atomic E-state index is 13.0. The smallest absolute Gasteiger partial charge is 0.253 e. The van der Waals surface area contributed by atoms with Crippen LogP contribution in [0.15, 0.2) is 53.0 Å². The van der Waals surface area contributed by atoms with Gasteiger partial charge in [0.2, 0.25) is 11.0 Å². The summed E-state index contributed by atoms with van der Waals surface area (Å²) >= 11 is 4.72. The lowest BCUT2D eigenvalue weighted by Gasteiger charge is -2.24. The SMILES string of the molecule is COc1ccc(C(=O)N(CCC(=O)Nc2nnc(-c3ccc(Br)cc3)s2)CC(C)C)cc1. The number of nitrogens with zero attached hydrogens (tertiary/aromatic N) is 3. The number of benzene rings is 2. The van der Waals surface area contributed by atoms with Gasteiger partial charge < -0.3 is 15.0 Å². The van der Waals surface area contributed by atoms with Crippen molar-refractivity contribution in [2.75, 3.05) is 25.5 Å². The van der Waals surface area contributed by atoms with Crippen LogP contribution in [-0.4, -0.2) is 47.1 Å². The fourth-order valence-corrected chi connectivity index (χ4v) is 4.06. The Hall–Kier alpha value is -2.78. The van der Waals surface area contributed by atoms with E-state index in [0.717, 1.165) is 15.0 Å². The quantitative estimate of drug-likeness (QED) is 0.427. The number of carbonyl (C=O) groups is 2. The van der Waals surface area contributed by atoms with Gasteiger partial charge in [0.1, 0.15) is 10.8 Å². The van der Waals surface area contributed by atoms with Crippen molar-refractivity contribution in [2.45, 2.75) is 20.3 Å². The first kappa shape index (κ1) is 23.9. The number of amides is 2. The van der Waals surface area contributed by atoms with Gasteiger partial charge in [0.15, 0.2) is 0 Å². The minimum atomic E-state index is -0.209. The van der Waals surface area contributed by atoms with Crippen LogP contribution in [0.5, 0.6) is 5.75 Å². The first-order valence-corrected chi connectivity index (χ1v) is 11.8. The molecule has 0 bridgehead atoms. The highest BCUT2D eigenvalue weighted by Crippen LogP contribution is 2.27. The fourth-order valence-electron chi connectivity index (χ4n) is 3.03. The first-order chi connectivity index (χ1) is 15.4. The molecule has 0 aliphatic heterocycles. The number of methoxy groups -OCH3 is 1. The summed E-state index contributed by atoms with van der Waals surface area (Å²) in [6.45, 7) is 4.95. The minimum absolute atomic E-state index is 0.109. The Morgan fingerprint density at radius 3 is 2.41 bits per heavy atom. The van der Waals surface area contributed by atoms with Crippen molar-refractivity contribution in [1.29, 1.82) is 0 Å². The second kappa shape index (κ2) is 11.2. The van der Waals surface area contributed by atoms with E-state index in [0.29, 0.717) is 29.5 Å². The molecule has 0 fully saturated rings. The molecule has 0 unspecified atom stereocenters. The lowest BCUT2D eigenvalue weighted by atomic mass is 10.1. The zero-order valence-electron chi connectivity index (χ0n) is 18.2. The van der Waals surface area contributed by atoms with Gasteiger partial charge in [-0.2, -0.15) is 0 Å². The summed E-state index contributed by atoms with van der Waals surface area (Å²) in [5.74, 6) is 0.648. The van der Waals surface area contributed by atoms with Crippen LogP contribution in [-0.2, 0) is 4.79 Å². The molecule has 0 radical (unpaired) electrons. The van der Waals surface area contributed by atoms with Gasteiger partial charge >= 0.3 is 0 Å². The molecule has 1 aromatic heterocycles. The van der Waals surface area contributed by atoms with E-state index in [9.17, 15) is 9.59 Å². The summed E-state index contributed by atoms with van der Waals surface area (Å²) in [5, 5.41) is 12.2. The lowest BCUT2D eigenvalue weighted by molar-refractivity contribution is -0.116. The maximum Gasteiger partial charge on any atom is 0.253 e. The van der Waals surface area contributed by atoms with Gasteiger partial charge in [-0.15, -0.1) is 10.2 Å². The summed E-state index contributed by atoms with van der Waals surface area (Å²) in [6, 6.07) is 14.7. The highest BCUT2D eigenvalue weighted by atomic mass is 79.9. The number of aromatic nitrogens is 2. The molecular weight excluding hydrogens is 492 g/mol. The van der Waals surface area contributed by atoms with E-state index < -0.39 is 0 Å². The van der Waals surface area contributed by atoms with Crippen LogP contribution in [0.3, 0.4) is 0 Å². The van der Waals surface area contributed by atoms with Crippen LogP contribution < -0.4 is 10.1 Å². The normalized spacial score (nSPS) is 10.8. The number of halogens is 1. The van der Waals surface area contributed by atoms with Gasteiger partial charge in [-0.3, -0.25) is 9.59 Å². The van der Waals surface area contributed by atoms with Crippen molar-refractivity contribution >= 4 is 44.2 Å². The summed E-state index contributed by atoms with van der Waals surface area (Å²) in [4.78, 5) is 27.2. The minimum Gasteiger partial charge on any atom is -0.497 e. The van der Waals surface area contributed by atoms with Crippen molar-refractivity contribution in [3.63, 3.8) is 0 Å². The molecule has 1 heterocycles. The number of hydrogen-bond acceptors (Lipinski definition) is 6. The molecule has 168 valence electrons. The Kier molecular flexibility index (Phi) is 8.35. The van der Waals surface area contributed by atoms with Gasteiger partial charge in [-0.25, -0.2) is 0 Å². The number of nitrogens with one attached hydrogen (secondary N) is 1. The highest BCUT2D eigenvalue weighted by molar-refractivity contribution is 9.10. The third-order valence-electron chi connectivity index (χ3n) is 4.58. The number of ether oxygens (including phenoxy) is 1. The van der Waals surface area contributed by atoms with Crippen LogP contribution in [0.4, 0.5) is 5.13 Å². The van der Waals surface area contributed by atoms with E-state index in [4.69, 9.17) is 4.74 Å². The van der Waals surface area contributed by atoms with Crippen molar-refractivity contribution in [3.8, 4) is 16.3 Å². The second-order valence-electron chi connectivity index (χ2n) is 7.59. The van der Waals surface area contributed by atoms with Crippen LogP contribution >= 0.6 is 27.3 Å². The summed E-state index contributed by atoms with van der Waals surface area (Å²) in [5.41, 5.74) is 1.49. The van der Waals surface area contributed by atoms with Crippen molar-refractivity contribution < 1.29 is 14.3 Å². The predicted molar refractivity (Wildman–Crippen MR) is 130 cm³/mol. The maximum absolute atomic E-state index is 13.0. The Labute approximate surface area is 199 Å². The van der Waals surface area contributed by atoms with E-state index in [1.165, 1.54) is 11.3 Å². The van der Waals surface area contributed by atoms with Gasteiger partial charge in [-0.1, -0.05) is 53.2 Å². The molecule has 7 nitrogen and oxygen atoms in total. The summed E-state index contributed by atoms with van der Waals surface area (Å²) in [7, 11) is 1.58. The largest absolute Gasteiger partial charge is 0.497 e. The lowest BCUT2D eigenvalue weighted by Crippen LogP contribution is -2.36. The monoisotopic (exact) mass is 516 g/mol. The zero-order valence-corrected chi connectivity index (χ0v) is 20.6. The third-order valence-corrected chi connectivity index (χ3v) is 6.00. The first-order valence-electron chi connectivity index (χ1n) is 10.2. The Balaban J connectivity index is 1.60. The molecule has 0 spiro atoms. The van der Waals surface area contributed by atoms with Gasteiger partial charge in [0, 0.05) is 35.1 Å². The molecule has 9 heteroatoms. The molecule has 0 aliphatic carbocycles. The number of rotatable bonds is 9. The molecule has 3 aromatic rings. The molecule has 0 aliphatic rings. The second-order valence-corrected chi connectivity index (χ2v) is 9.48. The van der Waals surface area contributed by atoms with Gasteiger partial charge in [-0.05, 0) is 42.3 Å². The molecule has 32 heavy (non-hydrogen) atoms. The van der Waals surface area contributed by atoms with Crippen molar-refractivity contribution in [1.82, 2.24) is 15.1 Å². The van der Waals surface area contributed by atoms with Crippen molar-refractivity contribution in [2.24, 2.45) is 5.92 Å². The molecular formula is C23H25BrN4O3S.